The molecule has 3 rings (SSSR count). The summed E-state index contributed by atoms with van der Waals surface area (Å²) < 4.78 is 0. The van der Waals surface area contributed by atoms with E-state index in [1.54, 1.807) is 12.3 Å². The number of halogens is 2. The molecule has 0 fully saturated rings. The van der Waals surface area contributed by atoms with E-state index in [1.165, 1.54) is 11.8 Å². The molecule has 0 spiro atoms. The third-order valence-corrected chi connectivity index (χ3v) is 4.85. The van der Waals surface area contributed by atoms with Gasteiger partial charge in [0.1, 0.15) is 10.9 Å². The zero-order valence-electron chi connectivity index (χ0n) is 13.1. The van der Waals surface area contributed by atoms with Crippen LogP contribution in [0.15, 0.2) is 47.6 Å². The summed E-state index contributed by atoms with van der Waals surface area (Å²) in [6, 6.07) is 11.2. The number of hydrogen-bond acceptors (Lipinski definition) is 7. The Bertz CT molecular complexity index is 878. The predicted molar refractivity (Wildman–Crippen MR) is 102 cm³/mol. The Labute approximate surface area is 159 Å². The van der Waals surface area contributed by atoms with E-state index in [-0.39, 0.29) is 11.2 Å². The molecule has 0 saturated carbocycles. The molecule has 1 unspecified atom stereocenters. The van der Waals surface area contributed by atoms with Crippen LogP contribution in [0.5, 0.6) is 0 Å². The van der Waals surface area contributed by atoms with Gasteiger partial charge in [0.2, 0.25) is 11.9 Å². The van der Waals surface area contributed by atoms with Gasteiger partial charge in [-0.15, -0.1) is 0 Å². The van der Waals surface area contributed by atoms with Crippen LogP contribution >= 0.6 is 35.0 Å². The fourth-order valence-corrected chi connectivity index (χ4v) is 3.35. The summed E-state index contributed by atoms with van der Waals surface area (Å²) in [6.45, 7) is 1.94. The lowest BCUT2D eigenvalue weighted by atomic mass is 10.3. The number of hydrogen-bond donors (Lipinski definition) is 2. The van der Waals surface area contributed by atoms with Crippen LogP contribution in [0.4, 0.5) is 17.6 Å². The summed E-state index contributed by atoms with van der Waals surface area (Å²) >= 11 is 13.5. The zero-order chi connectivity index (χ0) is 17.8. The van der Waals surface area contributed by atoms with Crippen LogP contribution in [-0.2, 0) is 0 Å². The first-order valence-corrected chi connectivity index (χ1v) is 8.96. The van der Waals surface area contributed by atoms with Gasteiger partial charge in [0.05, 0.1) is 15.3 Å². The highest BCUT2D eigenvalue weighted by molar-refractivity contribution is 7.99. The second-order valence-electron chi connectivity index (χ2n) is 5.07. The van der Waals surface area contributed by atoms with E-state index in [1.807, 2.05) is 37.3 Å². The molecule has 1 aromatic carbocycles. The van der Waals surface area contributed by atoms with E-state index in [0.717, 1.165) is 5.69 Å². The topological polar surface area (TPSA) is 89.6 Å². The minimum atomic E-state index is -0.132. The molecule has 6 nitrogen and oxygen atoms in total. The van der Waals surface area contributed by atoms with Crippen LogP contribution in [-0.4, -0.2) is 19.9 Å². The standard InChI is InChI=1S/C16H14Cl2N6S/c1-9(25-14-12(18)7-10(17)8-20-14)13-22-15(19)24-16(23-13)21-11-5-3-2-4-6-11/h2-9H,1H3,(H3,19,21,22,23,24). The van der Waals surface area contributed by atoms with Crippen molar-refractivity contribution in [3.8, 4) is 0 Å². The second kappa shape index (κ2) is 7.86. The fourth-order valence-electron chi connectivity index (χ4n) is 2.01. The number of pyridine rings is 1. The number of nitrogen functional groups attached to an aromatic ring is 1. The van der Waals surface area contributed by atoms with Gasteiger partial charge < -0.3 is 11.1 Å². The minimum Gasteiger partial charge on any atom is -0.368 e. The smallest absolute Gasteiger partial charge is 0.232 e. The molecule has 2 aromatic heterocycles. The number of nitrogens with two attached hydrogens (primary N) is 1. The molecule has 0 radical (unpaired) electrons. The normalized spacial score (nSPS) is 12.0. The van der Waals surface area contributed by atoms with Crippen LogP contribution in [0.3, 0.4) is 0 Å². The number of aromatic nitrogens is 4. The Balaban J connectivity index is 1.81. The number of nitrogens with zero attached hydrogens (tertiary/aromatic N) is 4. The predicted octanol–water partition coefficient (Wildman–Crippen LogP) is 4.75. The van der Waals surface area contributed by atoms with Gasteiger partial charge in [0.25, 0.3) is 0 Å². The average molecular weight is 393 g/mol. The second-order valence-corrected chi connectivity index (χ2v) is 7.24. The summed E-state index contributed by atoms with van der Waals surface area (Å²) in [6.07, 6.45) is 1.55. The molecule has 9 heteroatoms. The van der Waals surface area contributed by atoms with Crippen molar-refractivity contribution in [3.63, 3.8) is 0 Å². The summed E-state index contributed by atoms with van der Waals surface area (Å²) in [5.41, 5.74) is 6.69. The highest BCUT2D eigenvalue weighted by Crippen LogP contribution is 2.36. The number of benzene rings is 1. The molecule has 0 saturated heterocycles. The van der Waals surface area contributed by atoms with E-state index in [4.69, 9.17) is 28.9 Å². The van der Waals surface area contributed by atoms with Gasteiger partial charge in [0, 0.05) is 11.9 Å². The fraction of sp³-hybridized carbons (Fsp3) is 0.125. The first-order chi connectivity index (χ1) is 12.0. The van der Waals surface area contributed by atoms with Crippen LogP contribution in [0.1, 0.15) is 18.0 Å². The van der Waals surface area contributed by atoms with Crippen molar-refractivity contribution in [2.45, 2.75) is 17.2 Å². The molecular weight excluding hydrogens is 379 g/mol. The van der Waals surface area contributed by atoms with Crippen LogP contribution in [0.25, 0.3) is 0 Å². The molecule has 0 bridgehead atoms. The molecular formula is C16H14Cl2N6S. The summed E-state index contributed by atoms with van der Waals surface area (Å²) in [5, 5.41) is 4.60. The maximum absolute atomic E-state index is 6.17. The van der Waals surface area contributed by atoms with Gasteiger partial charge in [-0.05, 0) is 25.1 Å². The van der Waals surface area contributed by atoms with Crippen molar-refractivity contribution < 1.29 is 0 Å². The summed E-state index contributed by atoms with van der Waals surface area (Å²) in [7, 11) is 0. The lowest BCUT2D eigenvalue weighted by Crippen LogP contribution is -2.08. The van der Waals surface area contributed by atoms with E-state index < -0.39 is 0 Å². The molecule has 3 aromatic rings. The monoisotopic (exact) mass is 392 g/mol. The highest BCUT2D eigenvalue weighted by Gasteiger charge is 2.16. The van der Waals surface area contributed by atoms with Gasteiger partial charge in [-0.2, -0.15) is 15.0 Å². The quantitative estimate of drug-likeness (QED) is 0.605. The Morgan fingerprint density at radius 2 is 1.88 bits per heavy atom. The third-order valence-electron chi connectivity index (χ3n) is 3.13. The summed E-state index contributed by atoms with van der Waals surface area (Å²) in [4.78, 5) is 17.0. The Kier molecular flexibility index (Phi) is 5.57. The van der Waals surface area contributed by atoms with Gasteiger partial charge in [-0.1, -0.05) is 53.2 Å². The molecule has 0 aliphatic carbocycles. The number of thioether (sulfide) groups is 1. The molecule has 128 valence electrons. The largest absolute Gasteiger partial charge is 0.368 e. The number of nitrogens with one attached hydrogen (secondary N) is 1. The number of anilines is 3. The molecule has 0 aliphatic heterocycles. The van der Waals surface area contributed by atoms with E-state index in [9.17, 15) is 0 Å². The molecule has 1 atom stereocenters. The van der Waals surface area contributed by atoms with E-state index in [0.29, 0.717) is 26.8 Å². The van der Waals surface area contributed by atoms with Crippen molar-refractivity contribution in [2.75, 3.05) is 11.1 Å². The lowest BCUT2D eigenvalue weighted by Gasteiger charge is -2.12. The third kappa shape index (κ3) is 4.72. The van der Waals surface area contributed by atoms with Crippen LogP contribution in [0, 0.1) is 0 Å². The van der Waals surface area contributed by atoms with E-state index >= 15 is 0 Å². The van der Waals surface area contributed by atoms with Gasteiger partial charge in [-0.25, -0.2) is 4.98 Å². The maximum Gasteiger partial charge on any atom is 0.232 e. The SMILES string of the molecule is CC(Sc1ncc(Cl)cc1Cl)c1nc(N)nc(Nc2ccccc2)n1. The van der Waals surface area contributed by atoms with Crippen molar-refractivity contribution in [2.24, 2.45) is 0 Å². The zero-order valence-corrected chi connectivity index (χ0v) is 15.5. The summed E-state index contributed by atoms with van der Waals surface area (Å²) in [5.74, 6) is 1.06. The first kappa shape index (κ1) is 17.7. The Morgan fingerprint density at radius 1 is 1.12 bits per heavy atom. The number of para-hydroxylation sites is 1. The van der Waals surface area contributed by atoms with Crippen LogP contribution < -0.4 is 11.1 Å². The molecule has 25 heavy (non-hydrogen) atoms. The van der Waals surface area contributed by atoms with Gasteiger partial charge in [-0.3, -0.25) is 0 Å². The van der Waals surface area contributed by atoms with E-state index in [2.05, 4.69) is 25.3 Å². The Morgan fingerprint density at radius 3 is 2.60 bits per heavy atom. The van der Waals surface area contributed by atoms with Gasteiger partial charge in [0.15, 0.2) is 0 Å². The molecule has 0 aliphatic rings. The molecule has 2 heterocycles. The number of rotatable bonds is 5. The average Bonchev–Trinajstić information content (AvgIpc) is 2.57. The molecule has 0 amide bonds. The van der Waals surface area contributed by atoms with Crippen molar-refractivity contribution in [3.05, 3.63) is 58.5 Å². The van der Waals surface area contributed by atoms with Crippen molar-refractivity contribution >= 4 is 52.5 Å². The van der Waals surface area contributed by atoms with Gasteiger partial charge >= 0.3 is 0 Å². The minimum absolute atomic E-state index is 0.132. The highest BCUT2D eigenvalue weighted by atomic mass is 35.5. The van der Waals surface area contributed by atoms with Crippen molar-refractivity contribution in [1.82, 2.24) is 19.9 Å². The first-order valence-electron chi connectivity index (χ1n) is 7.32. The molecule has 3 N–H and O–H groups in total. The Hall–Kier alpha value is -2.09. The van der Waals surface area contributed by atoms with Crippen molar-refractivity contribution in [1.29, 1.82) is 0 Å². The maximum atomic E-state index is 6.17. The van der Waals surface area contributed by atoms with Crippen LogP contribution in [0.2, 0.25) is 10.0 Å². The lowest BCUT2D eigenvalue weighted by molar-refractivity contribution is 0.893.